The number of para-hydroxylation sites is 1. The van der Waals surface area contributed by atoms with Crippen LogP contribution in [0.15, 0.2) is 82.4 Å². The van der Waals surface area contributed by atoms with Crippen molar-refractivity contribution in [2.75, 3.05) is 11.1 Å². The molecule has 0 aliphatic heterocycles. The fraction of sp³-hybridized carbons (Fsp3) is 0.0833. The van der Waals surface area contributed by atoms with E-state index in [4.69, 9.17) is 0 Å². The molecule has 9 heteroatoms. The molecule has 0 radical (unpaired) electrons. The quantitative estimate of drug-likeness (QED) is 0.251. The molecule has 2 N–H and O–H groups in total. The van der Waals surface area contributed by atoms with Crippen LogP contribution in [0.3, 0.4) is 0 Å². The number of phenolic OH excluding ortho intramolecular Hbond substituents is 1. The number of aromatic hydroxyl groups is 1. The first-order valence-corrected chi connectivity index (χ1v) is 11.7. The number of phenols is 1. The lowest BCUT2D eigenvalue weighted by molar-refractivity contribution is -0.113. The lowest BCUT2D eigenvalue weighted by Gasteiger charge is -2.11. The van der Waals surface area contributed by atoms with Gasteiger partial charge in [0.15, 0.2) is 16.8 Å². The van der Waals surface area contributed by atoms with Crippen LogP contribution < -0.4 is 5.32 Å². The Bertz CT molecular complexity index is 1320. The Morgan fingerprint density at radius 1 is 1.03 bits per heavy atom. The van der Waals surface area contributed by atoms with Crippen LogP contribution in [0.25, 0.3) is 17.1 Å². The van der Waals surface area contributed by atoms with Gasteiger partial charge in [-0.3, -0.25) is 14.2 Å². The van der Waals surface area contributed by atoms with Crippen molar-refractivity contribution in [1.82, 2.24) is 14.8 Å². The lowest BCUT2D eigenvalue weighted by atomic mass is 10.1. The fourth-order valence-electron chi connectivity index (χ4n) is 3.18. The van der Waals surface area contributed by atoms with Crippen LogP contribution in [0.2, 0.25) is 0 Å². The van der Waals surface area contributed by atoms with E-state index in [1.807, 2.05) is 30.3 Å². The summed E-state index contributed by atoms with van der Waals surface area (Å²) in [5.41, 5.74) is 2.40. The molecule has 166 valence electrons. The van der Waals surface area contributed by atoms with Crippen LogP contribution in [-0.4, -0.2) is 37.3 Å². The van der Waals surface area contributed by atoms with Crippen molar-refractivity contribution >= 4 is 45.1 Å². The van der Waals surface area contributed by atoms with Crippen molar-refractivity contribution in [2.24, 2.45) is 0 Å². The highest BCUT2D eigenvalue weighted by Crippen LogP contribution is 2.34. The largest absolute Gasteiger partial charge is 0.507 e. The molecule has 33 heavy (non-hydrogen) atoms. The van der Waals surface area contributed by atoms with Crippen molar-refractivity contribution in [2.45, 2.75) is 12.1 Å². The number of nitrogens with one attached hydrogen (secondary N) is 1. The third kappa shape index (κ3) is 5.32. The Morgan fingerprint density at radius 2 is 1.82 bits per heavy atom. The third-order valence-electron chi connectivity index (χ3n) is 4.73. The topological polar surface area (TPSA) is 97.1 Å². The molecule has 0 aliphatic carbocycles. The molecule has 0 fully saturated rings. The summed E-state index contributed by atoms with van der Waals surface area (Å²) in [6.07, 6.45) is 0. The van der Waals surface area contributed by atoms with Gasteiger partial charge in [-0.05, 0) is 49.4 Å². The zero-order chi connectivity index (χ0) is 23.4. The molecule has 0 spiro atoms. The van der Waals surface area contributed by atoms with E-state index in [9.17, 15) is 14.7 Å². The van der Waals surface area contributed by atoms with Gasteiger partial charge in [-0.15, -0.1) is 10.2 Å². The number of thioether (sulfide) groups is 1. The number of rotatable bonds is 7. The lowest BCUT2D eigenvalue weighted by Crippen LogP contribution is -2.15. The Balaban J connectivity index is 1.60. The zero-order valence-electron chi connectivity index (χ0n) is 17.5. The number of carbonyl (C=O) groups is 2. The number of Topliss-reactive ketones (excluding diaryl/α,β-unsaturated/α-hetero) is 1. The number of hydrogen-bond donors (Lipinski definition) is 2. The van der Waals surface area contributed by atoms with Gasteiger partial charge in [-0.1, -0.05) is 58.0 Å². The van der Waals surface area contributed by atoms with Crippen molar-refractivity contribution < 1.29 is 14.7 Å². The molecular formula is C24H19BrN4O3S. The van der Waals surface area contributed by atoms with Crippen LogP contribution in [0.5, 0.6) is 5.75 Å². The summed E-state index contributed by atoms with van der Waals surface area (Å²) in [5.74, 6) is 0.300. The predicted octanol–water partition coefficient (Wildman–Crippen LogP) is 5.34. The van der Waals surface area contributed by atoms with Crippen LogP contribution >= 0.6 is 27.7 Å². The van der Waals surface area contributed by atoms with Gasteiger partial charge in [0.1, 0.15) is 5.75 Å². The maximum absolute atomic E-state index is 12.6. The second kappa shape index (κ2) is 10.0. The van der Waals surface area contributed by atoms with Gasteiger partial charge in [0, 0.05) is 21.4 Å². The van der Waals surface area contributed by atoms with Crippen LogP contribution in [-0.2, 0) is 4.79 Å². The molecule has 0 bridgehead atoms. The van der Waals surface area contributed by atoms with E-state index in [1.165, 1.54) is 18.7 Å². The van der Waals surface area contributed by atoms with E-state index < -0.39 is 0 Å². The number of hydrogen-bond acceptors (Lipinski definition) is 6. The molecule has 0 unspecified atom stereocenters. The average Bonchev–Trinajstić information content (AvgIpc) is 3.24. The Kier molecular flexibility index (Phi) is 6.90. The second-order valence-electron chi connectivity index (χ2n) is 7.11. The van der Waals surface area contributed by atoms with Crippen molar-refractivity contribution in [1.29, 1.82) is 0 Å². The summed E-state index contributed by atoms with van der Waals surface area (Å²) in [7, 11) is 0. The maximum atomic E-state index is 12.6. The minimum absolute atomic E-state index is 0.0697. The number of anilines is 1. The Hall–Kier alpha value is -3.43. The molecule has 0 saturated carbocycles. The van der Waals surface area contributed by atoms with Gasteiger partial charge in [-0.25, -0.2) is 0 Å². The SMILES string of the molecule is CC(=O)c1cccc(NC(=O)CSc2nnc(-c3cc(Br)ccc3O)n2-c2ccccc2)c1. The van der Waals surface area contributed by atoms with Gasteiger partial charge in [0.2, 0.25) is 5.91 Å². The maximum Gasteiger partial charge on any atom is 0.234 e. The molecular weight excluding hydrogens is 504 g/mol. The molecule has 7 nitrogen and oxygen atoms in total. The first kappa shape index (κ1) is 22.8. The van der Waals surface area contributed by atoms with E-state index in [2.05, 4.69) is 31.4 Å². The number of amides is 1. The van der Waals surface area contributed by atoms with Gasteiger partial charge >= 0.3 is 0 Å². The van der Waals surface area contributed by atoms with E-state index in [0.29, 0.717) is 27.8 Å². The van der Waals surface area contributed by atoms with Gasteiger partial charge in [0.05, 0.1) is 11.3 Å². The summed E-state index contributed by atoms with van der Waals surface area (Å²) in [4.78, 5) is 24.1. The number of benzene rings is 3. The molecule has 3 aromatic carbocycles. The number of nitrogens with zero attached hydrogens (tertiary/aromatic N) is 3. The average molecular weight is 523 g/mol. The molecule has 1 aromatic heterocycles. The zero-order valence-corrected chi connectivity index (χ0v) is 19.9. The van der Waals surface area contributed by atoms with E-state index in [0.717, 1.165) is 10.2 Å². The number of halogens is 1. The summed E-state index contributed by atoms with van der Waals surface area (Å²) in [6.45, 7) is 1.48. The van der Waals surface area contributed by atoms with E-state index >= 15 is 0 Å². The normalized spacial score (nSPS) is 10.7. The third-order valence-corrected chi connectivity index (χ3v) is 6.15. The summed E-state index contributed by atoms with van der Waals surface area (Å²) in [6, 6.07) is 21.4. The number of carbonyl (C=O) groups excluding carboxylic acids is 2. The molecule has 0 saturated heterocycles. The molecule has 1 heterocycles. The van der Waals surface area contributed by atoms with Gasteiger partial charge < -0.3 is 10.4 Å². The predicted molar refractivity (Wildman–Crippen MR) is 132 cm³/mol. The minimum Gasteiger partial charge on any atom is -0.507 e. The molecule has 0 aliphatic rings. The Morgan fingerprint density at radius 3 is 2.58 bits per heavy atom. The summed E-state index contributed by atoms with van der Waals surface area (Å²) in [5, 5.41) is 22.3. The number of ketones is 1. The first-order chi connectivity index (χ1) is 15.9. The smallest absolute Gasteiger partial charge is 0.234 e. The van der Waals surface area contributed by atoms with Crippen molar-refractivity contribution in [3.05, 3.63) is 82.8 Å². The highest BCUT2D eigenvalue weighted by molar-refractivity contribution is 9.10. The standard InChI is InChI=1S/C24H19BrN4O3S/c1-15(30)16-6-5-7-18(12-16)26-22(32)14-33-24-28-27-23(20-13-17(25)10-11-21(20)31)29(24)19-8-3-2-4-9-19/h2-13,31H,14H2,1H3,(H,26,32). The van der Waals surface area contributed by atoms with E-state index in [1.54, 1.807) is 47.0 Å². The van der Waals surface area contributed by atoms with E-state index in [-0.39, 0.29) is 23.2 Å². The highest BCUT2D eigenvalue weighted by Gasteiger charge is 2.20. The molecule has 4 aromatic rings. The summed E-state index contributed by atoms with van der Waals surface area (Å²) >= 11 is 4.65. The van der Waals surface area contributed by atoms with Crippen LogP contribution in [0, 0.1) is 0 Å². The molecule has 1 amide bonds. The second-order valence-corrected chi connectivity index (χ2v) is 8.97. The van der Waals surface area contributed by atoms with Crippen LogP contribution in [0.1, 0.15) is 17.3 Å². The number of aromatic nitrogens is 3. The monoisotopic (exact) mass is 522 g/mol. The minimum atomic E-state index is -0.241. The van der Waals surface area contributed by atoms with Gasteiger partial charge in [0.25, 0.3) is 0 Å². The molecule has 0 atom stereocenters. The van der Waals surface area contributed by atoms with Crippen molar-refractivity contribution in [3.8, 4) is 22.8 Å². The fourth-order valence-corrected chi connectivity index (χ4v) is 4.29. The van der Waals surface area contributed by atoms with Crippen molar-refractivity contribution in [3.63, 3.8) is 0 Å². The first-order valence-electron chi connectivity index (χ1n) is 9.96. The van der Waals surface area contributed by atoms with Crippen LogP contribution in [0.4, 0.5) is 5.69 Å². The Labute approximate surface area is 203 Å². The molecule has 4 rings (SSSR count). The summed E-state index contributed by atoms with van der Waals surface area (Å²) < 4.78 is 2.59. The van der Waals surface area contributed by atoms with Gasteiger partial charge in [-0.2, -0.15) is 0 Å². The highest BCUT2D eigenvalue weighted by atomic mass is 79.9.